The highest BCUT2D eigenvalue weighted by Crippen LogP contribution is 2.44. The Bertz CT molecular complexity index is 2210. The lowest BCUT2D eigenvalue weighted by Gasteiger charge is -2.25. The van der Waals surface area contributed by atoms with Crippen molar-refractivity contribution in [2.75, 3.05) is 0 Å². The fourth-order valence-corrected chi connectivity index (χ4v) is 9.39. The number of rotatable bonds is 3. The summed E-state index contributed by atoms with van der Waals surface area (Å²) in [6.07, 6.45) is 0. The molecule has 0 saturated heterocycles. The van der Waals surface area contributed by atoms with Crippen LogP contribution in [0.2, 0.25) is 0 Å². The molecule has 0 radical (unpaired) electrons. The molecular weight excluding hydrogens is 506 g/mol. The minimum absolute atomic E-state index is 0.204. The molecule has 0 aliphatic carbocycles. The van der Waals surface area contributed by atoms with Crippen LogP contribution in [0.5, 0.6) is 0 Å². The smallest absolute Gasteiger partial charge is 0.123 e. The monoisotopic (exact) mass is 528 g/mol. The van der Waals surface area contributed by atoms with E-state index in [4.69, 9.17) is 0 Å². The highest BCUT2D eigenvalue weighted by molar-refractivity contribution is 7.80. The van der Waals surface area contributed by atoms with E-state index in [1.54, 1.807) is 12.1 Å². The van der Waals surface area contributed by atoms with Gasteiger partial charge in [0.1, 0.15) is 5.82 Å². The Morgan fingerprint density at radius 3 is 1.18 bits per heavy atom. The van der Waals surface area contributed by atoms with Crippen molar-refractivity contribution >= 4 is 88.5 Å². The summed E-state index contributed by atoms with van der Waals surface area (Å²) in [6.45, 7) is 0. The average Bonchev–Trinajstić information content (AvgIpc) is 3.01. The van der Waals surface area contributed by atoms with Crippen LogP contribution >= 0.6 is 7.92 Å². The third-order valence-electron chi connectivity index (χ3n) is 8.58. The minimum Gasteiger partial charge on any atom is -0.207 e. The molecule has 0 saturated carbocycles. The second kappa shape index (κ2) is 8.21. The van der Waals surface area contributed by atoms with Crippen LogP contribution in [-0.4, -0.2) is 0 Å². The van der Waals surface area contributed by atoms with E-state index in [1.165, 1.54) is 75.2 Å². The van der Waals surface area contributed by atoms with Crippen LogP contribution in [0.3, 0.4) is 0 Å². The zero-order valence-electron chi connectivity index (χ0n) is 21.5. The Balaban J connectivity index is 1.42. The third kappa shape index (κ3) is 3.04. The maximum absolute atomic E-state index is 14.2. The lowest BCUT2D eigenvalue weighted by molar-refractivity contribution is 0.628. The van der Waals surface area contributed by atoms with Gasteiger partial charge in [-0.3, -0.25) is 0 Å². The van der Waals surface area contributed by atoms with E-state index < -0.39 is 7.92 Å². The van der Waals surface area contributed by atoms with E-state index in [2.05, 4.69) is 109 Å². The lowest BCUT2D eigenvalue weighted by atomic mass is 9.94. The number of benzene rings is 9. The van der Waals surface area contributed by atoms with Crippen LogP contribution in [0.25, 0.3) is 64.6 Å². The lowest BCUT2D eigenvalue weighted by Crippen LogP contribution is -2.22. The van der Waals surface area contributed by atoms with Crippen LogP contribution in [0, 0.1) is 5.82 Å². The maximum atomic E-state index is 14.2. The van der Waals surface area contributed by atoms with Gasteiger partial charge in [0.05, 0.1) is 0 Å². The summed E-state index contributed by atoms with van der Waals surface area (Å²) < 4.78 is 14.2. The first-order valence-electron chi connectivity index (χ1n) is 13.6. The summed E-state index contributed by atoms with van der Waals surface area (Å²) in [6, 6.07) is 47.5. The standard InChI is InChI=1S/C38H22FP/c39-29-15-17-30(18-16-29)40(33-21-13-27-9-7-23-3-1-5-25-11-19-31(33)37(27)35(23)25)34-22-14-28-10-8-24-4-2-6-26-12-20-32(34)38(28)36(24)26/h1-22H. The second-order valence-corrected chi connectivity index (χ2v) is 12.8. The molecule has 0 nitrogen and oxygen atoms in total. The molecule has 0 bridgehead atoms. The molecule has 0 heterocycles. The SMILES string of the molecule is Fc1ccc(P(c2ccc3ccc4cccc5ccc2c3c45)c2ccc3ccc4cccc5ccc2c3c45)cc1. The molecule has 0 aromatic heterocycles. The molecule has 0 atom stereocenters. The van der Waals surface area contributed by atoms with Gasteiger partial charge in [0.15, 0.2) is 0 Å². The number of hydrogen-bond acceptors (Lipinski definition) is 0. The fourth-order valence-electron chi connectivity index (χ4n) is 6.83. The molecule has 9 aromatic rings. The average molecular weight is 529 g/mol. The van der Waals surface area contributed by atoms with Crippen molar-refractivity contribution in [2.45, 2.75) is 0 Å². The van der Waals surface area contributed by atoms with Crippen LogP contribution in [-0.2, 0) is 0 Å². The van der Waals surface area contributed by atoms with Crippen molar-refractivity contribution in [3.63, 3.8) is 0 Å². The Kier molecular flexibility index (Phi) is 4.57. The molecule has 0 aliphatic heterocycles. The highest BCUT2D eigenvalue weighted by atomic mass is 31.1. The van der Waals surface area contributed by atoms with Gasteiger partial charge in [0.25, 0.3) is 0 Å². The summed E-state index contributed by atoms with van der Waals surface area (Å²) in [5, 5.41) is 19.2. The molecule has 0 fully saturated rings. The second-order valence-electron chi connectivity index (χ2n) is 10.7. The number of hydrogen-bond donors (Lipinski definition) is 0. The van der Waals surface area contributed by atoms with Crippen molar-refractivity contribution in [3.05, 3.63) is 139 Å². The van der Waals surface area contributed by atoms with E-state index in [-0.39, 0.29) is 5.82 Å². The Labute approximate surface area is 231 Å². The first kappa shape index (κ1) is 22.3. The van der Waals surface area contributed by atoms with E-state index in [0.29, 0.717) is 0 Å². The molecule has 0 spiro atoms. The van der Waals surface area contributed by atoms with Gasteiger partial charge in [-0.2, -0.15) is 0 Å². The molecular formula is C38H22FP. The predicted octanol–water partition coefficient (Wildman–Crippen LogP) is 9.38. The zero-order chi connectivity index (χ0) is 26.4. The van der Waals surface area contributed by atoms with Gasteiger partial charge in [0, 0.05) is 0 Å². The molecule has 9 aromatic carbocycles. The van der Waals surface area contributed by atoms with Crippen LogP contribution in [0.1, 0.15) is 0 Å². The summed E-state index contributed by atoms with van der Waals surface area (Å²) >= 11 is 0. The zero-order valence-corrected chi connectivity index (χ0v) is 22.4. The molecule has 2 heteroatoms. The van der Waals surface area contributed by atoms with E-state index in [9.17, 15) is 4.39 Å². The van der Waals surface area contributed by atoms with Gasteiger partial charge in [-0.25, -0.2) is 4.39 Å². The van der Waals surface area contributed by atoms with Gasteiger partial charge >= 0.3 is 0 Å². The van der Waals surface area contributed by atoms with Crippen molar-refractivity contribution in [1.29, 1.82) is 0 Å². The largest absolute Gasteiger partial charge is 0.207 e. The normalized spacial score (nSPS) is 12.3. The quantitative estimate of drug-likeness (QED) is 0.158. The van der Waals surface area contributed by atoms with Crippen LogP contribution in [0.15, 0.2) is 133 Å². The van der Waals surface area contributed by atoms with Gasteiger partial charge in [-0.15, -0.1) is 0 Å². The van der Waals surface area contributed by atoms with Crippen LogP contribution < -0.4 is 15.9 Å². The Morgan fingerprint density at radius 2 is 0.725 bits per heavy atom. The van der Waals surface area contributed by atoms with Crippen molar-refractivity contribution in [1.82, 2.24) is 0 Å². The summed E-state index contributed by atoms with van der Waals surface area (Å²) in [5.74, 6) is -0.204. The van der Waals surface area contributed by atoms with Crippen molar-refractivity contribution in [2.24, 2.45) is 0 Å². The summed E-state index contributed by atoms with van der Waals surface area (Å²) in [4.78, 5) is 0. The first-order valence-corrected chi connectivity index (χ1v) is 15.0. The van der Waals surface area contributed by atoms with Gasteiger partial charge in [-0.1, -0.05) is 121 Å². The topological polar surface area (TPSA) is 0 Å². The van der Waals surface area contributed by atoms with Crippen molar-refractivity contribution < 1.29 is 4.39 Å². The predicted molar refractivity (Wildman–Crippen MR) is 173 cm³/mol. The van der Waals surface area contributed by atoms with E-state index in [0.717, 1.165) is 5.30 Å². The molecule has 0 aliphatic rings. The van der Waals surface area contributed by atoms with Crippen LogP contribution in [0.4, 0.5) is 4.39 Å². The Morgan fingerprint density at radius 1 is 0.350 bits per heavy atom. The van der Waals surface area contributed by atoms with Crippen molar-refractivity contribution in [3.8, 4) is 0 Å². The first-order chi connectivity index (χ1) is 19.7. The van der Waals surface area contributed by atoms with Gasteiger partial charge < -0.3 is 0 Å². The minimum atomic E-state index is -0.979. The maximum Gasteiger partial charge on any atom is 0.123 e. The molecule has 0 amide bonds. The molecule has 40 heavy (non-hydrogen) atoms. The summed E-state index contributed by atoms with van der Waals surface area (Å²) in [5.41, 5.74) is 0. The van der Waals surface area contributed by atoms with E-state index in [1.807, 2.05) is 12.1 Å². The summed E-state index contributed by atoms with van der Waals surface area (Å²) in [7, 11) is -0.979. The Hall–Kier alpha value is -4.58. The molecule has 186 valence electrons. The molecule has 0 N–H and O–H groups in total. The third-order valence-corrected chi connectivity index (χ3v) is 11.1. The fraction of sp³-hybridized carbons (Fsp3) is 0. The van der Waals surface area contributed by atoms with Gasteiger partial charge in [0.2, 0.25) is 0 Å². The van der Waals surface area contributed by atoms with E-state index >= 15 is 0 Å². The van der Waals surface area contributed by atoms with Gasteiger partial charge in [-0.05, 0) is 101 Å². The molecule has 0 unspecified atom stereocenters. The number of halogens is 1. The highest BCUT2D eigenvalue weighted by Gasteiger charge is 2.24. The molecule has 9 rings (SSSR count).